The summed E-state index contributed by atoms with van der Waals surface area (Å²) in [6.45, 7) is 8.92. The van der Waals surface area contributed by atoms with E-state index in [4.69, 9.17) is 17.7 Å². The molecule has 142 valence electrons. The summed E-state index contributed by atoms with van der Waals surface area (Å²) in [7, 11) is -2.61. The van der Waals surface area contributed by atoms with Crippen LogP contribution < -0.4 is 9.16 Å². The number of fused-ring (bicyclic) bond motifs is 1. The number of ether oxygens (including phenoxy) is 1. The molecule has 0 aromatic heterocycles. The summed E-state index contributed by atoms with van der Waals surface area (Å²) in [5, 5.41) is 0. The molecule has 0 spiro atoms. The summed E-state index contributed by atoms with van der Waals surface area (Å²) in [5.41, 5.74) is 1.95. The van der Waals surface area contributed by atoms with Crippen LogP contribution in [0.5, 0.6) is 11.5 Å². The zero-order valence-corrected chi connectivity index (χ0v) is 18.0. The number of para-hydroxylation sites is 1. The number of hydrogen-bond donors (Lipinski definition) is 0. The second kappa shape index (κ2) is 8.39. The van der Waals surface area contributed by atoms with E-state index in [2.05, 4.69) is 27.7 Å². The zero-order valence-electron chi connectivity index (χ0n) is 16.0. The van der Waals surface area contributed by atoms with Gasteiger partial charge in [-0.05, 0) is 29.3 Å². The van der Waals surface area contributed by atoms with Crippen LogP contribution in [0, 0.1) is 0 Å². The standard InChI is InChI=1S/C20H24O5Si2/c1-14(2)27(15(3)4)22-13-17-11-8-12-18(19(17)24-26-25-27)23-20(21)16-9-6-5-7-10-16/h5-12,14-15H,13H2,1-4H3. The third-order valence-corrected chi connectivity index (χ3v) is 10.4. The maximum Gasteiger partial charge on any atom is 0.511 e. The van der Waals surface area contributed by atoms with Crippen LogP contribution >= 0.6 is 0 Å². The summed E-state index contributed by atoms with van der Waals surface area (Å²) in [6.07, 6.45) is 0. The Morgan fingerprint density at radius 1 is 1.04 bits per heavy atom. The molecular formula is C20H24O5Si2. The Bertz CT molecular complexity index is 784. The quantitative estimate of drug-likeness (QED) is 0.425. The van der Waals surface area contributed by atoms with Crippen LogP contribution in [-0.4, -0.2) is 24.5 Å². The Balaban J connectivity index is 1.85. The molecule has 0 saturated heterocycles. The van der Waals surface area contributed by atoms with Crippen LogP contribution in [0.1, 0.15) is 43.6 Å². The fourth-order valence-corrected chi connectivity index (χ4v) is 8.69. The lowest BCUT2D eigenvalue weighted by Crippen LogP contribution is -2.50. The van der Waals surface area contributed by atoms with Crippen molar-refractivity contribution in [3.63, 3.8) is 0 Å². The average molecular weight is 401 g/mol. The zero-order chi connectivity index (χ0) is 19.4. The van der Waals surface area contributed by atoms with Gasteiger partial charge in [-0.1, -0.05) is 58.0 Å². The minimum Gasteiger partial charge on any atom is -0.515 e. The van der Waals surface area contributed by atoms with Gasteiger partial charge in [-0.3, -0.25) is 0 Å². The van der Waals surface area contributed by atoms with Crippen molar-refractivity contribution in [3.8, 4) is 11.5 Å². The third-order valence-electron chi connectivity index (χ3n) is 4.68. The van der Waals surface area contributed by atoms with E-state index < -0.39 is 14.5 Å². The lowest BCUT2D eigenvalue weighted by molar-refractivity contribution is 0.0729. The summed E-state index contributed by atoms with van der Waals surface area (Å²) in [5.74, 6) is 0.465. The molecule has 1 aliphatic heterocycles. The Morgan fingerprint density at radius 2 is 1.74 bits per heavy atom. The topological polar surface area (TPSA) is 54.0 Å². The van der Waals surface area contributed by atoms with Crippen LogP contribution in [0.25, 0.3) is 0 Å². The number of hydrogen-bond acceptors (Lipinski definition) is 5. The highest BCUT2D eigenvalue weighted by Crippen LogP contribution is 2.39. The second-order valence-corrected chi connectivity index (χ2v) is 12.3. The van der Waals surface area contributed by atoms with Crippen LogP contribution in [0.4, 0.5) is 0 Å². The number of benzene rings is 2. The normalized spacial score (nSPS) is 16.2. The highest BCUT2D eigenvalue weighted by atomic mass is 28.4. The predicted octanol–water partition coefficient (Wildman–Crippen LogP) is 4.63. The Morgan fingerprint density at radius 3 is 2.41 bits per heavy atom. The monoisotopic (exact) mass is 400 g/mol. The van der Waals surface area contributed by atoms with E-state index in [-0.39, 0.29) is 10.0 Å². The van der Waals surface area contributed by atoms with Gasteiger partial charge in [0.25, 0.3) is 0 Å². The van der Waals surface area contributed by atoms with Gasteiger partial charge in [0.2, 0.25) is 0 Å². The number of rotatable bonds is 4. The van der Waals surface area contributed by atoms with Crippen LogP contribution in [0.2, 0.25) is 11.1 Å². The van der Waals surface area contributed by atoms with Gasteiger partial charge in [0.15, 0.2) is 11.5 Å². The molecule has 0 bridgehead atoms. The molecule has 0 saturated carbocycles. The first-order valence-corrected chi connectivity index (χ1v) is 11.9. The summed E-state index contributed by atoms with van der Waals surface area (Å²) >= 11 is 0. The van der Waals surface area contributed by atoms with E-state index in [1.165, 1.54) is 0 Å². The highest BCUT2D eigenvalue weighted by molar-refractivity contribution is 6.73. The van der Waals surface area contributed by atoms with Gasteiger partial charge in [-0.25, -0.2) is 4.79 Å². The summed E-state index contributed by atoms with van der Waals surface area (Å²) in [6, 6.07) is 14.4. The van der Waals surface area contributed by atoms with Crippen molar-refractivity contribution >= 4 is 24.5 Å². The van der Waals surface area contributed by atoms with E-state index in [0.29, 0.717) is 34.8 Å². The lowest BCUT2D eigenvalue weighted by Gasteiger charge is -2.38. The van der Waals surface area contributed by atoms with Gasteiger partial charge < -0.3 is 17.7 Å². The predicted molar refractivity (Wildman–Crippen MR) is 106 cm³/mol. The molecule has 2 aromatic carbocycles. The molecule has 27 heavy (non-hydrogen) atoms. The van der Waals surface area contributed by atoms with Crippen molar-refractivity contribution in [2.75, 3.05) is 0 Å². The van der Waals surface area contributed by atoms with E-state index in [1.807, 2.05) is 18.2 Å². The molecule has 1 heterocycles. The van der Waals surface area contributed by atoms with E-state index in [1.54, 1.807) is 30.3 Å². The number of carbonyl (C=O) groups excluding carboxylic acids is 1. The Hall–Kier alpha value is -1.94. The fourth-order valence-electron chi connectivity index (χ4n) is 3.19. The van der Waals surface area contributed by atoms with Crippen molar-refractivity contribution in [2.45, 2.75) is 45.4 Å². The number of esters is 1. The average Bonchev–Trinajstić information content (AvgIpc) is 2.63. The maximum atomic E-state index is 12.4. The van der Waals surface area contributed by atoms with Gasteiger partial charge in [0.1, 0.15) is 0 Å². The van der Waals surface area contributed by atoms with Gasteiger partial charge in [0, 0.05) is 5.56 Å². The largest absolute Gasteiger partial charge is 0.515 e. The molecule has 7 heteroatoms. The molecule has 0 unspecified atom stereocenters. The van der Waals surface area contributed by atoms with Gasteiger partial charge in [0.05, 0.1) is 12.2 Å². The SMILES string of the molecule is CC(C)[Si]1(C(C)C)OCc2cccc(OC(=O)c3ccccc3)c2O[Si]O1. The minimum atomic E-state index is -2.41. The van der Waals surface area contributed by atoms with Crippen LogP contribution in [-0.2, 0) is 15.1 Å². The maximum absolute atomic E-state index is 12.4. The Kier molecular flexibility index (Phi) is 6.16. The molecule has 0 atom stereocenters. The second-order valence-electron chi connectivity index (χ2n) is 7.11. The van der Waals surface area contributed by atoms with Gasteiger partial charge >= 0.3 is 24.5 Å². The molecule has 5 nitrogen and oxygen atoms in total. The molecule has 1 aliphatic rings. The summed E-state index contributed by atoms with van der Waals surface area (Å²) in [4.78, 5) is 12.4. The molecule has 0 amide bonds. The van der Waals surface area contributed by atoms with Crippen molar-refractivity contribution in [1.29, 1.82) is 0 Å². The van der Waals surface area contributed by atoms with Crippen LogP contribution in [0.3, 0.4) is 0 Å². The first-order chi connectivity index (χ1) is 12.9. The molecule has 3 rings (SSSR count). The van der Waals surface area contributed by atoms with Gasteiger partial charge in [-0.2, -0.15) is 0 Å². The summed E-state index contributed by atoms with van der Waals surface area (Å²) < 4.78 is 24.1. The molecule has 0 aliphatic carbocycles. The van der Waals surface area contributed by atoms with E-state index >= 15 is 0 Å². The molecular weight excluding hydrogens is 376 g/mol. The first kappa shape index (κ1) is 19.8. The van der Waals surface area contributed by atoms with Crippen molar-refractivity contribution in [3.05, 3.63) is 59.7 Å². The molecule has 0 N–H and O–H groups in total. The smallest absolute Gasteiger partial charge is 0.511 e. The fraction of sp³-hybridized carbons (Fsp3) is 0.350. The highest BCUT2D eigenvalue weighted by Gasteiger charge is 2.46. The van der Waals surface area contributed by atoms with Crippen molar-refractivity contribution in [1.82, 2.24) is 0 Å². The van der Waals surface area contributed by atoms with Gasteiger partial charge in [-0.15, -0.1) is 0 Å². The van der Waals surface area contributed by atoms with E-state index in [0.717, 1.165) is 5.56 Å². The number of carbonyl (C=O) groups is 1. The Labute approximate surface area is 163 Å². The van der Waals surface area contributed by atoms with E-state index in [9.17, 15) is 4.79 Å². The first-order valence-electron chi connectivity index (χ1n) is 9.07. The third kappa shape index (κ3) is 4.16. The molecule has 2 radical (unpaired) electrons. The van der Waals surface area contributed by atoms with Crippen molar-refractivity contribution in [2.24, 2.45) is 0 Å². The lowest BCUT2D eigenvalue weighted by atomic mass is 10.2. The molecule has 2 aromatic rings. The minimum absolute atomic E-state index is 0.201. The van der Waals surface area contributed by atoms with Crippen molar-refractivity contribution < 1.29 is 22.5 Å². The van der Waals surface area contributed by atoms with Crippen LogP contribution in [0.15, 0.2) is 48.5 Å². The molecule has 0 fully saturated rings.